The summed E-state index contributed by atoms with van der Waals surface area (Å²) in [6.07, 6.45) is 9.35. The summed E-state index contributed by atoms with van der Waals surface area (Å²) in [5.41, 5.74) is -1.37. The van der Waals surface area contributed by atoms with Gasteiger partial charge in [0.15, 0.2) is 0 Å². The van der Waals surface area contributed by atoms with Gasteiger partial charge in [0.1, 0.15) is 5.54 Å². The van der Waals surface area contributed by atoms with Crippen molar-refractivity contribution in [3.63, 3.8) is 0 Å². The molecule has 2 fully saturated rings. The number of carboxylic acids is 1. The number of carbonyl (C=O) groups excluding carboxylic acids is 3. The van der Waals surface area contributed by atoms with Crippen molar-refractivity contribution in [3.05, 3.63) is 43.0 Å². The van der Waals surface area contributed by atoms with Crippen molar-refractivity contribution < 1.29 is 32.7 Å². The Labute approximate surface area is 242 Å². The second-order valence-electron chi connectivity index (χ2n) is 10.9. The number of hydrogen-bond acceptors (Lipinski definition) is 7. The molecule has 1 aromatic rings. The highest BCUT2D eigenvalue weighted by Crippen LogP contribution is 2.44. The van der Waals surface area contributed by atoms with Crippen LogP contribution in [-0.2, 0) is 29.4 Å². The number of nitrogens with one attached hydrogen (secondary N) is 3. The van der Waals surface area contributed by atoms with E-state index in [1.54, 1.807) is 18.2 Å². The average molecular weight is 591 g/mol. The highest BCUT2D eigenvalue weighted by molar-refractivity contribution is 7.92. The maximum atomic E-state index is 13.5. The Morgan fingerprint density at radius 3 is 2.24 bits per heavy atom. The minimum Gasteiger partial charge on any atom is -0.481 e. The lowest BCUT2D eigenvalue weighted by Gasteiger charge is -2.25. The Morgan fingerprint density at radius 2 is 1.63 bits per heavy atom. The molecule has 0 bridgehead atoms. The first kappa shape index (κ1) is 32.3. The summed E-state index contributed by atoms with van der Waals surface area (Å²) in [4.78, 5) is 49.8. The van der Waals surface area contributed by atoms with Crippen LogP contribution < -0.4 is 19.7 Å². The number of nitrogens with zero attached hydrogens (tertiary/aromatic N) is 1. The summed E-state index contributed by atoms with van der Waals surface area (Å²) in [5.74, 6) is -2.80. The summed E-state index contributed by atoms with van der Waals surface area (Å²) >= 11 is 0. The molecule has 11 nitrogen and oxygen atoms in total. The topological polar surface area (TPSA) is 162 Å². The van der Waals surface area contributed by atoms with Gasteiger partial charge in [0.2, 0.25) is 11.8 Å². The second kappa shape index (κ2) is 15.1. The normalized spacial score (nSPS) is 20.2. The Kier molecular flexibility index (Phi) is 11.9. The van der Waals surface area contributed by atoms with Gasteiger partial charge in [-0.1, -0.05) is 56.4 Å². The quantitative estimate of drug-likeness (QED) is 0.150. The summed E-state index contributed by atoms with van der Waals surface area (Å²) < 4.78 is 29.6. The van der Waals surface area contributed by atoms with Crippen molar-refractivity contribution in [1.29, 1.82) is 0 Å². The molecule has 4 N–H and O–H groups in total. The number of anilines is 1. The first-order valence-electron chi connectivity index (χ1n) is 14.4. The van der Waals surface area contributed by atoms with E-state index < -0.39 is 45.4 Å². The fraction of sp³-hybridized carbons (Fsp3) is 0.586. The second-order valence-corrected chi connectivity index (χ2v) is 12.5. The fourth-order valence-corrected chi connectivity index (χ4v) is 6.62. The Bertz CT molecular complexity index is 1180. The van der Waals surface area contributed by atoms with Gasteiger partial charge in [0.05, 0.1) is 12.2 Å². The Hall–Kier alpha value is -3.25. The van der Waals surface area contributed by atoms with Gasteiger partial charge in [-0.05, 0) is 56.7 Å². The smallest absolute Gasteiger partial charge is 0.332 e. The van der Waals surface area contributed by atoms with Crippen LogP contribution in [0.2, 0.25) is 0 Å². The minimum atomic E-state index is -4.66. The summed E-state index contributed by atoms with van der Waals surface area (Å²) in [5, 5.41) is 14.6. The van der Waals surface area contributed by atoms with Crippen molar-refractivity contribution in [1.82, 2.24) is 15.4 Å². The molecule has 0 spiro atoms. The Morgan fingerprint density at radius 1 is 1.00 bits per heavy atom. The number of hydrogen-bond donors (Lipinski definition) is 4. The van der Waals surface area contributed by atoms with E-state index in [1.807, 2.05) is 4.72 Å². The monoisotopic (exact) mass is 590 g/mol. The molecular formula is C29H42N4O7S. The molecule has 1 aromatic carbocycles. The molecule has 2 saturated carbocycles. The lowest BCUT2D eigenvalue weighted by Crippen LogP contribution is -2.56. The van der Waals surface area contributed by atoms with Crippen LogP contribution in [-0.4, -0.2) is 55.8 Å². The molecular weight excluding hydrogens is 548 g/mol. The van der Waals surface area contributed by atoms with E-state index in [0.717, 1.165) is 19.3 Å². The largest absolute Gasteiger partial charge is 0.481 e. The number of rotatable bonds is 18. The van der Waals surface area contributed by atoms with Gasteiger partial charge < -0.3 is 15.7 Å². The van der Waals surface area contributed by atoms with Gasteiger partial charge in [0.25, 0.3) is 5.91 Å². The third-order valence-electron chi connectivity index (χ3n) is 7.72. The number of amides is 3. The predicted octanol–water partition coefficient (Wildman–Crippen LogP) is 3.04. The first-order chi connectivity index (χ1) is 19.6. The van der Waals surface area contributed by atoms with E-state index in [9.17, 15) is 27.6 Å². The summed E-state index contributed by atoms with van der Waals surface area (Å²) in [7, 11) is -4.66. The van der Waals surface area contributed by atoms with Crippen LogP contribution in [0.15, 0.2) is 43.0 Å². The number of carboxylic acid groups (broad SMARTS) is 1. The molecule has 3 rings (SSSR count). The van der Waals surface area contributed by atoms with Crippen molar-refractivity contribution in [3.8, 4) is 0 Å². The third-order valence-corrected chi connectivity index (χ3v) is 9.06. The molecule has 2 atom stereocenters. The van der Waals surface area contributed by atoms with E-state index in [1.165, 1.54) is 31.1 Å². The number of aliphatic carboxylic acids is 1. The maximum absolute atomic E-state index is 13.5. The summed E-state index contributed by atoms with van der Waals surface area (Å²) in [6, 6.07) is 7.78. The van der Waals surface area contributed by atoms with Crippen LogP contribution in [0.25, 0.3) is 0 Å². The zero-order valence-corrected chi connectivity index (χ0v) is 24.3. The van der Waals surface area contributed by atoms with E-state index in [2.05, 4.69) is 17.2 Å². The summed E-state index contributed by atoms with van der Waals surface area (Å²) in [6.45, 7) is 4.43. The molecule has 41 heavy (non-hydrogen) atoms. The van der Waals surface area contributed by atoms with Gasteiger partial charge in [-0.15, -0.1) is 6.58 Å². The molecule has 0 aromatic heterocycles. The van der Waals surface area contributed by atoms with Crippen molar-refractivity contribution in [2.24, 2.45) is 11.8 Å². The fourth-order valence-electron chi connectivity index (χ4n) is 5.35. The molecule has 0 heterocycles. The van der Waals surface area contributed by atoms with Crippen LogP contribution in [0.5, 0.6) is 0 Å². The molecule has 0 aliphatic heterocycles. The van der Waals surface area contributed by atoms with E-state index in [0.29, 0.717) is 42.5 Å². The van der Waals surface area contributed by atoms with Crippen molar-refractivity contribution >= 4 is 39.6 Å². The van der Waals surface area contributed by atoms with Gasteiger partial charge >= 0.3 is 16.2 Å². The van der Waals surface area contributed by atoms with E-state index >= 15 is 0 Å². The SMILES string of the molecule is C=C[C@@H]1C[C@]1(NC(=O)CNCC1CCCC1)C(=O)NS(=O)(=O)N(C(=O)CCCCCCCC(=O)O)c1ccccc1. The molecule has 0 radical (unpaired) electrons. The number of carbonyl (C=O) groups is 4. The van der Waals surface area contributed by atoms with E-state index in [4.69, 9.17) is 5.11 Å². The highest BCUT2D eigenvalue weighted by Gasteiger charge is 2.60. The predicted molar refractivity (Wildman–Crippen MR) is 155 cm³/mol. The van der Waals surface area contributed by atoms with E-state index in [-0.39, 0.29) is 31.5 Å². The van der Waals surface area contributed by atoms with Crippen molar-refractivity contribution in [2.45, 2.75) is 82.6 Å². The molecule has 2 aliphatic rings. The van der Waals surface area contributed by atoms with Gasteiger partial charge in [0, 0.05) is 18.8 Å². The number of unbranched alkanes of at least 4 members (excludes halogenated alkanes) is 4. The molecule has 226 valence electrons. The molecule has 3 amide bonds. The average Bonchev–Trinajstić information content (AvgIpc) is 3.38. The van der Waals surface area contributed by atoms with Crippen LogP contribution in [0, 0.1) is 11.8 Å². The first-order valence-corrected chi connectivity index (χ1v) is 15.8. The third kappa shape index (κ3) is 9.39. The Balaban J connectivity index is 1.62. The zero-order valence-electron chi connectivity index (χ0n) is 23.5. The molecule has 0 saturated heterocycles. The van der Waals surface area contributed by atoms with Crippen LogP contribution >= 0.6 is 0 Å². The number of benzene rings is 1. The molecule has 2 aliphatic carbocycles. The standard InChI is InChI=1S/C29H42N4O7S/c1-2-23-19-29(23,31-25(34)21-30-20-22-13-11-12-14-22)28(38)32-41(39,40)33(24-15-7-6-8-16-24)26(35)17-9-4-3-5-10-18-27(36)37/h2,6-8,15-16,22-23,30H,1,3-5,9-14,17-21H2,(H,31,34)(H,32,38)(H,36,37)/t23-,29-/m1/s1. The lowest BCUT2D eigenvalue weighted by atomic mass is 10.1. The van der Waals surface area contributed by atoms with Gasteiger partial charge in [-0.2, -0.15) is 12.7 Å². The van der Waals surface area contributed by atoms with Crippen molar-refractivity contribution in [2.75, 3.05) is 17.4 Å². The molecule has 12 heteroatoms. The zero-order chi connectivity index (χ0) is 29.9. The highest BCUT2D eigenvalue weighted by atomic mass is 32.2. The van der Waals surface area contributed by atoms with Gasteiger partial charge in [-0.25, -0.2) is 4.72 Å². The number of para-hydroxylation sites is 1. The van der Waals surface area contributed by atoms with Gasteiger partial charge in [-0.3, -0.25) is 19.2 Å². The van der Waals surface area contributed by atoms with Crippen LogP contribution in [0.1, 0.15) is 77.0 Å². The maximum Gasteiger partial charge on any atom is 0.332 e. The molecule has 0 unspecified atom stereocenters. The van der Waals surface area contributed by atoms with Crippen LogP contribution in [0.3, 0.4) is 0 Å². The van der Waals surface area contributed by atoms with Crippen LogP contribution in [0.4, 0.5) is 5.69 Å². The minimum absolute atomic E-state index is 0.00702. The lowest BCUT2D eigenvalue weighted by molar-refractivity contribution is -0.137.